The number of nitrogens with one attached hydrogen (secondary N) is 2. The molecule has 0 amide bonds. The van der Waals surface area contributed by atoms with Crippen molar-refractivity contribution < 1.29 is 4.74 Å². The van der Waals surface area contributed by atoms with Gasteiger partial charge in [-0.3, -0.25) is 4.68 Å². The number of ether oxygens (including phenoxy) is 1. The summed E-state index contributed by atoms with van der Waals surface area (Å²) in [6, 6.07) is 7.56. The molecule has 1 heterocycles. The minimum atomic E-state index is 0.529. The van der Waals surface area contributed by atoms with Gasteiger partial charge in [0.2, 0.25) is 0 Å². The Morgan fingerprint density at radius 3 is 2.47 bits per heavy atom. The summed E-state index contributed by atoms with van der Waals surface area (Å²) >= 11 is 5.26. The summed E-state index contributed by atoms with van der Waals surface area (Å²) in [6.07, 6.45) is 1.89. The molecule has 0 atom stereocenters. The van der Waals surface area contributed by atoms with Crippen molar-refractivity contribution in [3.05, 3.63) is 36.2 Å². The van der Waals surface area contributed by atoms with Gasteiger partial charge < -0.3 is 15.4 Å². The molecule has 1 aromatic heterocycles. The van der Waals surface area contributed by atoms with Gasteiger partial charge in [0.15, 0.2) is 5.11 Å². The third-order valence-electron chi connectivity index (χ3n) is 2.61. The topological polar surface area (TPSA) is 51.1 Å². The van der Waals surface area contributed by atoms with E-state index in [2.05, 4.69) is 15.7 Å². The molecule has 0 aliphatic rings. The molecule has 2 aromatic rings. The summed E-state index contributed by atoms with van der Waals surface area (Å²) in [5.74, 6) is 0.813. The second-order valence-corrected chi connectivity index (χ2v) is 4.52. The van der Waals surface area contributed by atoms with E-state index in [-0.39, 0.29) is 0 Å². The van der Waals surface area contributed by atoms with Crippen molar-refractivity contribution in [2.24, 2.45) is 7.05 Å². The molecule has 0 fully saturated rings. The summed E-state index contributed by atoms with van der Waals surface area (Å²) in [5.41, 5.74) is 2.70. The number of hydrogen-bond acceptors (Lipinski definition) is 3. The van der Waals surface area contributed by atoms with Crippen molar-refractivity contribution in [3.63, 3.8) is 0 Å². The zero-order valence-corrected chi connectivity index (χ0v) is 11.9. The van der Waals surface area contributed by atoms with Gasteiger partial charge in [-0.1, -0.05) is 0 Å². The maximum atomic E-state index is 5.26. The largest absolute Gasteiger partial charge is 0.497 e. The van der Waals surface area contributed by atoms with Gasteiger partial charge in [0.1, 0.15) is 5.75 Å². The summed E-state index contributed by atoms with van der Waals surface area (Å²) in [7, 11) is 3.51. The number of methoxy groups -OCH3 is 1. The van der Waals surface area contributed by atoms with Crippen LogP contribution in [0.4, 0.5) is 11.4 Å². The van der Waals surface area contributed by atoms with E-state index < -0.39 is 0 Å². The highest BCUT2D eigenvalue weighted by molar-refractivity contribution is 7.80. The van der Waals surface area contributed by atoms with Gasteiger partial charge in [-0.05, 0) is 43.4 Å². The van der Waals surface area contributed by atoms with E-state index in [1.165, 1.54) is 0 Å². The Bertz CT molecular complexity index is 577. The Balaban J connectivity index is 1.99. The second-order valence-electron chi connectivity index (χ2n) is 4.11. The third kappa shape index (κ3) is 3.45. The third-order valence-corrected chi connectivity index (χ3v) is 2.81. The number of benzene rings is 1. The molecule has 19 heavy (non-hydrogen) atoms. The molecule has 5 nitrogen and oxygen atoms in total. The predicted octanol–water partition coefficient (Wildman–Crippen LogP) is 2.55. The standard InChI is InChI=1S/C13H16N4OS/c1-9-12(8-17(2)16-9)15-13(19)14-10-4-6-11(18-3)7-5-10/h4-8H,1-3H3,(H2,14,15,19). The first kappa shape index (κ1) is 13.4. The zero-order valence-electron chi connectivity index (χ0n) is 11.1. The van der Waals surface area contributed by atoms with Crippen molar-refractivity contribution >= 4 is 28.7 Å². The maximum absolute atomic E-state index is 5.26. The Morgan fingerprint density at radius 2 is 1.95 bits per heavy atom. The smallest absolute Gasteiger partial charge is 0.175 e. The van der Waals surface area contributed by atoms with E-state index in [0.717, 1.165) is 22.8 Å². The van der Waals surface area contributed by atoms with Crippen LogP contribution in [0.25, 0.3) is 0 Å². The number of rotatable bonds is 3. The van der Waals surface area contributed by atoms with Crippen LogP contribution in [0.5, 0.6) is 5.75 Å². The number of anilines is 2. The van der Waals surface area contributed by atoms with E-state index in [4.69, 9.17) is 17.0 Å². The van der Waals surface area contributed by atoms with Crippen molar-refractivity contribution in [1.82, 2.24) is 9.78 Å². The Labute approximate surface area is 117 Å². The van der Waals surface area contributed by atoms with Crippen LogP contribution in [0, 0.1) is 6.92 Å². The summed E-state index contributed by atoms with van der Waals surface area (Å²) in [5, 5.41) is 11.0. The lowest BCUT2D eigenvalue weighted by Crippen LogP contribution is -2.19. The monoisotopic (exact) mass is 276 g/mol. The highest BCUT2D eigenvalue weighted by atomic mass is 32.1. The van der Waals surface area contributed by atoms with Crippen LogP contribution in [0.1, 0.15) is 5.69 Å². The lowest BCUT2D eigenvalue weighted by atomic mass is 10.3. The number of nitrogens with zero attached hydrogens (tertiary/aromatic N) is 2. The highest BCUT2D eigenvalue weighted by Gasteiger charge is 2.05. The number of hydrogen-bond donors (Lipinski definition) is 2. The number of aromatic nitrogens is 2. The van der Waals surface area contributed by atoms with Crippen molar-refractivity contribution in [2.45, 2.75) is 6.92 Å². The molecule has 2 rings (SSSR count). The van der Waals surface area contributed by atoms with Crippen LogP contribution >= 0.6 is 12.2 Å². The summed E-state index contributed by atoms with van der Waals surface area (Å²) in [4.78, 5) is 0. The molecular formula is C13H16N4OS. The van der Waals surface area contributed by atoms with Gasteiger partial charge in [-0.15, -0.1) is 0 Å². The van der Waals surface area contributed by atoms with E-state index in [0.29, 0.717) is 5.11 Å². The quantitative estimate of drug-likeness (QED) is 0.844. The molecular weight excluding hydrogens is 260 g/mol. The molecule has 2 N–H and O–H groups in total. The minimum absolute atomic E-state index is 0.529. The molecule has 0 bridgehead atoms. The van der Waals surface area contributed by atoms with Crippen LogP contribution in [-0.2, 0) is 7.05 Å². The molecule has 0 saturated heterocycles. The first-order chi connectivity index (χ1) is 9.08. The van der Waals surface area contributed by atoms with Gasteiger partial charge in [0.25, 0.3) is 0 Å². The molecule has 0 saturated carbocycles. The van der Waals surface area contributed by atoms with E-state index in [1.807, 2.05) is 44.4 Å². The molecule has 0 unspecified atom stereocenters. The average molecular weight is 276 g/mol. The maximum Gasteiger partial charge on any atom is 0.175 e. The van der Waals surface area contributed by atoms with Gasteiger partial charge in [0.05, 0.1) is 18.5 Å². The first-order valence-electron chi connectivity index (χ1n) is 5.81. The van der Waals surface area contributed by atoms with Gasteiger partial charge in [0, 0.05) is 18.9 Å². The van der Waals surface area contributed by atoms with Crippen LogP contribution in [-0.4, -0.2) is 22.0 Å². The van der Waals surface area contributed by atoms with Crippen LogP contribution in [0.15, 0.2) is 30.5 Å². The number of aryl methyl sites for hydroxylation is 2. The van der Waals surface area contributed by atoms with E-state index >= 15 is 0 Å². The molecule has 0 aliphatic heterocycles. The molecule has 0 aliphatic carbocycles. The lowest BCUT2D eigenvalue weighted by molar-refractivity contribution is 0.415. The first-order valence-corrected chi connectivity index (χ1v) is 6.21. The minimum Gasteiger partial charge on any atom is -0.497 e. The van der Waals surface area contributed by atoms with Crippen molar-refractivity contribution in [1.29, 1.82) is 0 Å². The number of thiocarbonyl (C=S) groups is 1. The lowest BCUT2D eigenvalue weighted by Gasteiger charge is -2.10. The fourth-order valence-corrected chi connectivity index (χ4v) is 1.91. The molecule has 0 spiro atoms. The fraction of sp³-hybridized carbons (Fsp3) is 0.231. The predicted molar refractivity (Wildman–Crippen MR) is 80.8 cm³/mol. The van der Waals surface area contributed by atoms with Crippen LogP contribution in [0.3, 0.4) is 0 Å². The SMILES string of the molecule is COc1ccc(NC(=S)Nc2cn(C)nc2C)cc1. The Hall–Kier alpha value is -2.08. The Morgan fingerprint density at radius 1 is 1.26 bits per heavy atom. The fourth-order valence-electron chi connectivity index (χ4n) is 1.68. The summed E-state index contributed by atoms with van der Waals surface area (Å²) in [6.45, 7) is 1.93. The molecule has 100 valence electrons. The van der Waals surface area contributed by atoms with Crippen LogP contribution < -0.4 is 15.4 Å². The summed E-state index contributed by atoms with van der Waals surface area (Å²) < 4.78 is 6.84. The van der Waals surface area contributed by atoms with Crippen molar-refractivity contribution in [2.75, 3.05) is 17.7 Å². The molecule has 6 heteroatoms. The highest BCUT2D eigenvalue weighted by Crippen LogP contribution is 2.16. The van der Waals surface area contributed by atoms with Gasteiger partial charge in [-0.25, -0.2) is 0 Å². The van der Waals surface area contributed by atoms with Crippen molar-refractivity contribution in [3.8, 4) is 5.75 Å². The Kier molecular flexibility index (Phi) is 4.01. The van der Waals surface area contributed by atoms with Gasteiger partial charge in [-0.2, -0.15) is 5.10 Å². The van der Waals surface area contributed by atoms with Gasteiger partial charge >= 0.3 is 0 Å². The normalized spacial score (nSPS) is 10.1. The molecule has 0 radical (unpaired) electrons. The average Bonchev–Trinajstić information content (AvgIpc) is 2.68. The molecule has 1 aromatic carbocycles. The van der Waals surface area contributed by atoms with E-state index in [1.54, 1.807) is 11.8 Å². The van der Waals surface area contributed by atoms with E-state index in [9.17, 15) is 0 Å². The second kappa shape index (κ2) is 5.71. The zero-order chi connectivity index (χ0) is 13.8. The van der Waals surface area contributed by atoms with Crippen LogP contribution in [0.2, 0.25) is 0 Å².